The third-order valence-electron chi connectivity index (χ3n) is 3.85. The van der Waals surface area contributed by atoms with E-state index in [2.05, 4.69) is 0 Å². The van der Waals surface area contributed by atoms with Gasteiger partial charge >= 0.3 is 12.0 Å². The van der Waals surface area contributed by atoms with Crippen molar-refractivity contribution in [1.29, 1.82) is 0 Å². The van der Waals surface area contributed by atoms with E-state index in [1.165, 1.54) is 0 Å². The molecule has 2 atom stereocenters. The average molecular weight is 333 g/mol. The fraction of sp³-hybridized carbons (Fsp3) is 0.375. The number of nitrogens with two attached hydrogens (primary N) is 1. The van der Waals surface area contributed by atoms with Crippen molar-refractivity contribution in [3.63, 3.8) is 0 Å². The highest BCUT2D eigenvalue weighted by Gasteiger charge is 2.38. The minimum absolute atomic E-state index is 0.0352. The van der Waals surface area contributed by atoms with Gasteiger partial charge in [-0.2, -0.15) is 0 Å². The molecule has 1 aliphatic heterocycles. The van der Waals surface area contributed by atoms with E-state index in [1.807, 2.05) is 37.3 Å². The highest BCUT2D eigenvalue weighted by Crippen LogP contribution is 2.28. The molecule has 1 aromatic rings. The maximum atomic E-state index is 12.2. The van der Waals surface area contributed by atoms with Crippen molar-refractivity contribution in [2.24, 2.45) is 11.7 Å². The molecule has 8 nitrogen and oxygen atoms in total. The van der Waals surface area contributed by atoms with Crippen molar-refractivity contribution >= 4 is 23.8 Å². The van der Waals surface area contributed by atoms with Gasteiger partial charge in [0.25, 0.3) is 5.91 Å². The predicted octanol–water partition coefficient (Wildman–Crippen LogP) is 0.334. The Hall–Kier alpha value is -2.90. The molecule has 2 rings (SSSR count). The normalized spacial score (nSPS) is 18.1. The van der Waals surface area contributed by atoms with Crippen molar-refractivity contribution < 1.29 is 23.9 Å². The van der Waals surface area contributed by atoms with Gasteiger partial charge in [0.1, 0.15) is 0 Å². The Morgan fingerprint density at radius 3 is 2.62 bits per heavy atom. The highest BCUT2D eigenvalue weighted by atomic mass is 16.5. The first-order chi connectivity index (χ1) is 11.4. The van der Waals surface area contributed by atoms with Crippen LogP contribution < -0.4 is 11.1 Å². The summed E-state index contributed by atoms with van der Waals surface area (Å²) in [5.74, 6) is -2.24. The van der Waals surface area contributed by atoms with Gasteiger partial charge in [0, 0.05) is 13.0 Å². The lowest BCUT2D eigenvalue weighted by Crippen LogP contribution is -2.38. The van der Waals surface area contributed by atoms with Gasteiger partial charge in [0.15, 0.2) is 6.61 Å². The predicted molar refractivity (Wildman–Crippen MR) is 83.4 cm³/mol. The van der Waals surface area contributed by atoms with Crippen molar-refractivity contribution in [2.45, 2.75) is 19.4 Å². The molecule has 3 N–H and O–H groups in total. The Bertz CT molecular complexity index is 646. The second-order valence-corrected chi connectivity index (χ2v) is 5.55. The average Bonchev–Trinajstić information content (AvgIpc) is 2.94. The maximum absolute atomic E-state index is 12.2. The first-order valence-electron chi connectivity index (χ1n) is 7.48. The largest absolute Gasteiger partial charge is 0.455 e. The topological polar surface area (TPSA) is 119 Å². The molecule has 0 saturated carbocycles. The lowest BCUT2D eigenvalue weighted by Gasteiger charge is -2.25. The van der Waals surface area contributed by atoms with Gasteiger partial charge in [0.2, 0.25) is 5.91 Å². The third kappa shape index (κ3) is 4.31. The van der Waals surface area contributed by atoms with Crippen LogP contribution in [0.3, 0.4) is 0 Å². The van der Waals surface area contributed by atoms with E-state index in [4.69, 9.17) is 10.5 Å². The molecule has 0 aliphatic carbocycles. The SMILES string of the molecule is C[C@@H](c1ccccc1)N1C[C@@H](C(=O)OCC(=O)NC(N)=O)CC1=O. The Kier molecular flexibility index (Phi) is 5.51. The Morgan fingerprint density at radius 1 is 1.33 bits per heavy atom. The summed E-state index contributed by atoms with van der Waals surface area (Å²) in [6.07, 6.45) is 0.0352. The molecule has 0 bridgehead atoms. The number of likely N-dealkylation sites (tertiary alicyclic amines) is 1. The quantitative estimate of drug-likeness (QED) is 0.753. The number of benzene rings is 1. The summed E-state index contributed by atoms with van der Waals surface area (Å²) in [5, 5.41) is 1.79. The van der Waals surface area contributed by atoms with Gasteiger partial charge < -0.3 is 15.4 Å². The van der Waals surface area contributed by atoms with Crippen LogP contribution in [0.2, 0.25) is 0 Å². The zero-order chi connectivity index (χ0) is 17.7. The Morgan fingerprint density at radius 2 is 2.00 bits per heavy atom. The molecule has 1 aromatic carbocycles. The van der Waals surface area contributed by atoms with Crippen LogP contribution in [0.4, 0.5) is 4.79 Å². The molecule has 0 aromatic heterocycles. The number of esters is 1. The van der Waals surface area contributed by atoms with Crippen LogP contribution in [0.1, 0.15) is 24.9 Å². The number of imide groups is 1. The summed E-state index contributed by atoms with van der Waals surface area (Å²) in [6, 6.07) is 8.31. The van der Waals surface area contributed by atoms with E-state index in [0.717, 1.165) is 5.56 Å². The lowest BCUT2D eigenvalue weighted by atomic mass is 10.1. The van der Waals surface area contributed by atoms with Gasteiger partial charge in [-0.15, -0.1) is 0 Å². The number of hydrogen-bond donors (Lipinski definition) is 2. The maximum Gasteiger partial charge on any atom is 0.318 e. The molecule has 0 unspecified atom stereocenters. The molecule has 1 fully saturated rings. The number of ether oxygens (including phenoxy) is 1. The fourth-order valence-electron chi connectivity index (χ4n) is 2.60. The molecule has 0 spiro atoms. The summed E-state index contributed by atoms with van der Waals surface area (Å²) < 4.78 is 4.83. The number of hydrogen-bond acceptors (Lipinski definition) is 5. The smallest absolute Gasteiger partial charge is 0.318 e. The van der Waals surface area contributed by atoms with Crippen LogP contribution in [-0.4, -0.2) is 41.9 Å². The molecule has 24 heavy (non-hydrogen) atoms. The van der Waals surface area contributed by atoms with E-state index in [1.54, 1.807) is 10.2 Å². The number of amides is 4. The monoisotopic (exact) mass is 333 g/mol. The number of carbonyl (C=O) groups excluding carboxylic acids is 4. The van der Waals surface area contributed by atoms with Crippen LogP contribution >= 0.6 is 0 Å². The summed E-state index contributed by atoms with van der Waals surface area (Å²) in [6.45, 7) is 1.51. The summed E-state index contributed by atoms with van der Waals surface area (Å²) in [5.41, 5.74) is 5.76. The Labute approximate surface area is 138 Å². The molecule has 4 amide bonds. The van der Waals surface area contributed by atoms with Crippen molar-refractivity contribution in [2.75, 3.05) is 13.2 Å². The van der Waals surface area contributed by atoms with E-state index >= 15 is 0 Å². The number of carbonyl (C=O) groups is 4. The van der Waals surface area contributed by atoms with Crippen molar-refractivity contribution in [3.05, 3.63) is 35.9 Å². The van der Waals surface area contributed by atoms with Crippen LogP contribution in [0.5, 0.6) is 0 Å². The molecular formula is C16H19N3O5. The fourth-order valence-corrected chi connectivity index (χ4v) is 2.60. The second kappa shape index (κ2) is 7.58. The Balaban J connectivity index is 1.90. The number of nitrogens with one attached hydrogen (secondary N) is 1. The summed E-state index contributed by atoms with van der Waals surface area (Å²) in [4.78, 5) is 47.5. The van der Waals surface area contributed by atoms with Crippen molar-refractivity contribution in [1.82, 2.24) is 10.2 Å². The van der Waals surface area contributed by atoms with E-state index in [-0.39, 0.29) is 24.9 Å². The van der Waals surface area contributed by atoms with Crippen LogP contribution in [-0.2, 0) is 19.1 Å². The van der Waals surface area contributed by atoms with E-state index in [0.29, 0.717) is 0 Å². The molecule has 1 heterocycles. The van der Waals surface area contributed by atoms with Gasteiger partial charge in [-0.1, -0.05) is 30.3 Å². The molecule has 128 valence electrons. The summed E-state index contributed by atoms with van der Waals surface area (Å²) >= 11 is 0. The number of nitrogens with zero attached hydrogens (tertiary/aromatic N) is 1. The standard InChI is InChI=1S/C16H19N3O5/c1-10(11-5-3-2-4-6-11)19-8-12(7-14(19)21)15(22)24-9-13(20)18-16(17)23/h2-6,10,12H,7-9H2,1H3,(H3,17,18,20,23)/t10-,12-/m0/s1. The van der Waals surface area contributed by atoms with E-state index < -0.39 is 30.4 Å². The number of primary amides is 1. The highest BCUT2D eigenvalue weighted by molar-refractivity contribution is 5.95. The third-order valence-corrected chi connectivity index (χ3v) is 3.85. The lowest BCUT2D eigenvalue weighted by molar-refractivity contribution is -0.152. The minimum Gasteiger partial charge on any atom is -0.455 e. The second-order valence-electron chi connectivity index (χ2n) is 5.55. The summed E-state index contributed by atoms with van der Waals surface area (Å²) in [7, 11) is 0. The number of rotatable bonds is 5. The molecule has 1 aliphatic rings. The van der Waals surface area contributed by atoms with Crippen LogP contribution in [0.15, 0.2) is 30.3 Å². The molecule has 8 heteroatoms. The zero-order valence-electron chi connectivity index (χ0n) is 13.2. The van der Waals surface area contributed by atoms with Gasteiger partial charge in [-0.05, 0) is 12.5 Å². The molecule has 1 saturated heterocycles. The molecule has 0 radical (unpaired) electrons. The van der Waals surface area contributed by atoms with Crippen molar-refractivity contribution in [3.8, 4) is 0 Å². The van der Waals surface area contributed by atoms with E-state index in [9.17, 15) is 19.2 Å². The first-order valence-corrected chi connectivity index (χ1v) is 7.48. The van der Waals surface area contributed by atoms with Gasteiger partial charge in [-0.25, -0.2) is 4.79 Å². The minimum atomic E-state index is -1.02. The number of urea groups is 1. The van der Waals surface area contributed by atoms with Crippen LogP contribution in [0.25, 0.3) is 0 Å². The zero-order valence-corrected chi connectivity index (χ0v) is 13.2. The first kappa shape index (κ1) is 17.5. The van der Waals surface area contributed by atoms with Crippen LogP contribution in [0, 0.1) is 5.92 Å². The molecular weight excluding hydrogens is 314 g/mol. The van der Waals surface area contributed by atoms with Gasteiger partial charge in [-0.3, -0.25) is 19.7 Å². The van der Waals surface area contributed by atoms with Gasteiger partial charge in [0.05, 0.1) is 12.0 Å².